The minimum atomic E-state index is -3.49. The molecule has 2 N–H and O–H groups in total. The minimum absolute atomic E-state index is 0.222. The summed E-state index contributed by atoms with van der Waals surface area (Å²) in [6.45, 7) is 4.23. The highest BCUT2D eigenvalue weighted by Gasteiger charge is 2.25. The van der Waals surface area contributed by atoms with Crippen molar-refractivity contribution in [3.63, 3.8) is 0 Å². The van der Waals surface area contributed by atoms with Crippen LogP contribution in [-0.2, 0) is 10.0 Å². The van der Waals surface area contributed by atoms with Gasteiger partial charge >= 0.3 is 0 Å². The summed E-state index contributed by atoms with van der Waals surface area (Å²) in [5.41, 5.74) is 2.24. The number of amides is 1. The number of aryl methyl sites for hydroxylation is 1. The van der Waals surface area contributed by atoms with Gasteiger partial charge in [0.05, 0.1) is 4.90 Å². The third kappa shape index (κ3) is 4.25. The highest BCUT2D eigenvalue weighted by molar-refractivity contribution is 14.1. The van der Waals surface area contributed by atoms with Gasteiger partial charge in [-0.15, -0.1) is 0 Å². The molecule has 2 aromatic carbocycles. The lowest BCUT2D eigenvalue weighted by atomic mass is 10.1. The smallest absolute Gasteiger partial charge is 0.255 e. The second kappa shape index (κ2) is 8.03. The number of halogens is 1. The number of hydrogen-bond acceptors (Lipinski definition) is 4. The van der Waals surface area contributed by atoms with Gasteiger partial charge in [0.2, 0.25) is 10.0 Å². The Morgan fingerprint density at radius 3 is 2.38 bits per heavy atom. The molecule has 0 spiro atoms. The van der Waals surface area contributed by atoms with Crippen molar-refractivity contribution in [3.05, 3.63) is 57.2 Å². The summed E-state index contributed by atoms with van der Waals surface area (Å²) in [4.78, 5) is 12.6. The molecule has 26 heavy (non-hydrogen) atoms. The van der Waals surface area contributed by atoms with Crippen LogP contribution in [-0.4, -0.2) is 44.8 Å². The third-order valence-corrected chi connectivity index (χ3v) is 7.34. The fourth-order valence-electron chi connectivity index (χ4n) is 2.68. The van der Waals surface area contributed by atoms with Crippen molar-refractivity contribution in [2.75, 3.05) is 31.5 Å². The lowest BCUT2D eigenvalue weighted by Gasteiger charge is -2.26. The van der Waals surface area contributed by atoms with Crippen LogP contribution in [0.2, 0.25) is 0 Å². The molecule has 1 aliphatic rings. The van der Waals surface area contributed by atoms with Gasteiger partial charge in [0.25, 0.3) is 5.91 Å². The maximum Gasteiger partial charge on any atom is 0.255 e. The zero-order valence-electron chi connectivity index (χ0n) is 14.3. The summed E-state index contributed by atoms with van der Waals surface area (Å²) in [6.07, 6.45) is 0. The Bertz CT molecular complexity index is 908. The number of rotatable bonds is 4. The summed E-state index contributed by atoms with van der Waals surface area (Å²) in [7, 11) is -3.49. The second-order valence-electron chi connectivity index (χ2n) is 6.10. The summed E-state index contributed by atoms with van der Waals surface area (Å²) < 4.78 is 27.7. The fourth-order valence-corrected chi connectivity index (χ4v) is 4.64. The number of benzene rings is 2. The molecule has 2 aromatic rings. The SMILES string of the molecule is Cc1ccc(C(=O)Nc2ccc(S(=O)(=O)N3CCNCC3)cc2)cc1I. The van der Waals surface area contributed by atoms with Gasteiger partial charge in [-0.05, 0) is 71.5 Å². The van der Waals surface area contributed by atoms with Gasteiger partial charge in [-0.3, -0.25) is 4.79 Å². The molecule has 1 heterocycles. The lowest BCUT2D eigenvalue weighted by Crippen LogP contribution is -2.46. The highest BCUT2D eigenvalue weighted by atomic mass is 127. The van der Waals surface area contributed by atoms with Crippen LogP contribution in [0.15, 0.2) is 47.4 Å². The van der Waals surface area contributed by atoms with Gasteiger partial charge in [-0.1, -0.05) is 6.07 Å². The van der Waals surface area contributed by atoms with Gasteiger partial charge < -0.3 is 10.6 Å². The first-order chi connectivity index (χ1) is 12.4. The first-order valence-electron chi connectivity index (χ1n) is 8.26. The number of carbonyl (C=O) groups is 1. The van der Waals surface area contributed by atoms with E-state index in [9.17, 15) is 13.2 Å². The predicted molar refractivity (Wildman–Crippen MR) is 110 cm³/mol. The average Bonchev–Trinajstić information content (AvgIpc) is 2.65. The largest absolute Gasteiger partial charge is 0.322 e. The van der Waals surface area contributed by atoms with E-state index >= 15 is 0 Å². The van der Waals surface area contributed by atoms with E-state index < -0.39 is 10.0 Å². The molecule has 0 unspecified atom stereocenters. The van der Waals surface area contributed by atoms with Crippen molar-refractivity contribution >= 4 is 44.2 Å². The first kappa shape index (κ1) is 19.3. The summed E-state index contributed by atoms with van der Waals surface area (Å²) in [5.74, 6) is -0.222. The average molecular weight is 485 g/mol. The van der Waals surface area contributed by atoms with Gasteiger partial charge in [0.15, 0.2) is 0 Å². The van der Waals surface area contributed by atoms with E-state index in [4.69, 9.17) is 0 Å². The molecule has 1 amide bonds. The van der Waals surface area contributed by atoms with E-state index in [1.807, 2.05) is 19.1 Å². The lowest BCUT2D eigenvalue weighted by molar-refractivity contribution is 0.102. The Balaban J connectivity index is 1.73. The van der Waals surface area contributed by atoms with Crippen LogP contribution in [0.25, 0.3) is 0 Å². The molecule has 3 rings (SSSR count). The monoisotopic (exact) mass is 485 g/mol. The number of nitrogens with one attached hydrogen (secondary N) is 2. The van der Waals surface area contributed by atoms with Gasteiger partial charge in [-0.2, -0.15) is 4.31 Å². The van der Waals surface area contributed by atoms with Crippen LogP contribution < -0.4 is 10.6 Å². The molecule has 1 saturated heterocycles. The molecule has 138 valence electrons. The van der Waals surface area contributed by atoms with Crippen LogP contribution in [0.4, 0.5) is 5.69 Å². The van der Waals surface area contributed by atoms with Crippen LogP contribution in [0, 0.1) is 10.5 Å². The molecule has 8 heteroatoms. The number of nitrogens with zero attached hydrogens (tertiary/aromatic N) is 1. The summed E-state index contributed by atoms with van der Waals surface area (Å²) in [6, 6.07) is 11.8. The first-order valence-corrected chi connectivity index (χ1v) is 10.8. The number of anilines is 1. The van der Waals surface area contributed by atoms with Crippen molar-refractivity contribution in [1.29, 1.82) is 0 Å². The van der Waals surface area contributed by atoms with Crippen LogP contribution in [0.3, 0.4) is 0 Å². The molecule has 0 atom stereocenters. The molecule has 0 aliphatic carbocycles. The number of piperazine rings is 1. The summed E-state index contributed by atoms with van der Waals surface area (Å²) in [5, 5.41) is 5.94. The highest BCUT2D eigenvalue weighted by Crippen LogP contribution is 2.20. The van der Waals surface area contributed by atoms with Crippen LogP contribution in [0.5, 0.6) is 0 Å². The standard InChI is InChI=1S/C18H20IN3O3S/c1-13-2-3-14(12-17(13)19)18(23)21-15-4-6-16(7-5-15)26(24,25)22-10-8-20-9-11-22/h2-7,12,20H,8-11H2,1H3,(H,21,23). The van der Waals surface area contributed by atoms with Gasteiger partial charge in [0.1, 0.15) is 0 Å². The fraction of sp³-hybridized carbons (Fsp3) is 0.278. The normalized spacial score (nSPS) is 15.6. The van der Waals surface area contributed by atoms with E-state index in [2.05, 4.69) is 33.2 Å². The molecular formula is C18H20IN3O3S. The van der Waals surface area contributed by atoms with E-state index in [1.165, 1.54) is 16.4 Å². The number of carbonyl (C=O) groups excluding carboxylic acids is 1. The molecule has 0 bridgehead atoms. The van der Waals surface area contributed by atoms with E-state index in [-0.39, 0.29) is 10.8 Å². The maximum atomic E-state index is 12.6. The second-order valence-corrected chi connectivity index (χ2v) is 9.20. The molecular weight excluding hydrogens is 465 g/mol. The van der Waals surface area contributed by atoms with Crippen molar-refractivity contribution in [2.24, 2.45) is 0 Å². The minimum Gasteiger partial charge on any atom is -0.322 e. The molecule has 0 radical (unpaired) electrons. The molecule has 6 nitrogen and oxygen atoms in total. The van der Waals surface area contributed by atoms with Crippen molar-refractivity contribution in [3.8, 4) is 0 Å². The maximum absolute atomic E-state index is 12.6. The topological polar surface area (TPSA) is 78.5 Å². The van der Waals surface area contributed by atoms with E-state index in [1.54, 1.807) is 18.2 Å². The molecule has 0 saturated carbocycles. The summed E-state index contributed by atoms with van der Waals surface area (Å²) >= 11 is 2.19. The Kier molecular flexibility index (Phi) is 5.96. The zero-order valence-corrected chi connectivity index (χ0v) is 17.3. The third-order valence-electron chi connectivity index (χ3n) is 4.26. The Hall–Kier alpha value is -1.49. The van der Waals surface area contributed by atoms with Crippen molar-refractivity contribution in [1.82, 2.24) is 9.62 Å². The van der Waals surface area contributed by atoms with Crippen LogP contribution in [0.1, 0.15) is 15.9 Å². The molecule has 1 fully saturated rings. The Morgan fingerprint density at radius 1 is 1.12 bits per heavy atom. The van der Waals surface area contributed by atoms with Crippen molar-refractivity contribution < 1.29 is 13.2 Å². The van der Waals surface area contributed by atoms with Crippen LogP contribution >= 0.6 is 22.6 Å². The van der Waals surface area contributed by atoms with E-state index in [0.29, 0.717) is 37.4 Å². The zero-order chi connectivity index (χ0) is 18.7. The number of hydrogen-bond donors (Lipinski definition) is 2. The molecule has 1 aliphatic heterocycles. The van der Waals surface area contributed by atoms with Gasteiger partial charge in [-0.25, -0.2) is 8.42 Å². The van der Waals surface area contributed by atoms with E-state index in [0.717, 1.165) is 9.13 Å². The molecule has 0 aromatic heterocycles. The number of sulfonamides is 1. The Morgan fingerprint density at radius 2 is 1.77 bits per heavy atom. The quantitative estimate of drug-likeness (QED) is 0.653. The predicted octanol–water partition coefficient (Wildman–Crippen LogP) is 2.45. The van der Waals surface area contributed by atoms with Crippen molar-refractivity contribution in [2.45, 2.75) is 11.8 Å². The van der Waals surface area contributed by atoms with Gasteiger partial charge in [0, 0.05) is 41.0 Å². The Labute approximate surface area is 167 Å².